The summed E-state index contributed by atoms with van der Waals surface area (Å²) in [7, 11) is 0. The highest BCUT2D eigenvalue weighted by molar-refractivity contribution is 7.20. The molecular weight excluding hydrogens is 424 g/mol. The number of amides is 2. The smallest absolute Gasteiger partial charge is 0.342 e. The molecule has 5 rings (SSSR count). The fraction of sp³-hybridized carbons (Fsp3) is 0.208. The van der Waals surface area contributed by atoms with E-state index in [1.54, 1.807) is 12.1 Å². The molecule has 2 amide bonds. The monoisotopic (exact) mass is 446 g/mol. The van der Waals surface area contributed by atoms with Gasteiger partial charge in [0.25, 0.3) is 5.91 Å². The predicted octanol–water partition coefficient (Wildman–Crippen LogP) is 5.18. The Hall–Kier alpha value is -3.65. The van der Waals surface area contributed by atoms with Gasteiger partial charge in [-0.3, -0.25) is 4.79 Å². The number of fused-ring (bicyclic) bond motifs is 1. The van der Waals surface area contributed by atoms with Gasteiger partial charge in [-0.2, -0.15) is 9.78 Å². The lowest BCUT2D eigenvalue weighted by molar-refractivity contribution is 0.103. The molecular formula is C24H22N4O3S. The normalized spacial score (nSPS) is 13.3. The average Bonchev–Trinajstić information content (AvgIpc) is 3.37. The molecule has 0 radical (unpaired) electrons. The molecule has 3 N–H and O–H groups in total. The number of carbonyl (C=O) groups excluding carboxylic acids is 2. The standard InChI is InChI=1S/C24H22N4O3S/c1-2-25-24(31)28-19(14-7-8-14)13-18(27-28)17-10-9-16(12-20(17)29)26-23(30)22-11-15-5-3-4-6-21(15)32-22/h3-6,9-14,29H,2,7-8H2,1H3,(H,25,31)(H,26,30). The lowest BCUT2D eigenvalue weighted by Gasteiger charge is -2.07. The first-order chi connectivity index (χ1) is 15.5. The molecule has 162 valence electrons. The summed E-state index contributed by atoms with van der Waals surface area (Å²) in [4.78, 5) is 25.7. The number of carbonyl (C=O) groups is 2. The number of rotatable bonds is 5. The van der Waals surface area contributed by atoms with Crippen LogP contribution in [-0.4, -0.2) is 33.4 Å². The van der Waals surface area contributed by atoms with Gasteiger partial charge in [0.2, 0.25) is 0 Å². The lowest BCUT2D eigenvalue weighted by Crippen LogP contribution is -2.30. The number of phenolic OH excluding ortho intramolecular Hbond substituents is 1. The fourth-order valence-electron chi connectivity index (χ4n) is 3.70. The Morgan fingerprint density at radius 2 is 1.97 bits per heavy atom. The van der Waals surface area contributed by atoms with Crippen LogP contribution in [0.1, 0.15) is 41.0 Å². The highest BCUT2D eigenvalue weighted by Crippen LogP contribution is 2.42. The molecule has 0 spiro atoms. The van der Waals surface area contributed by atoms with Crippen LogP contribution in [0, 0.1) is 0 Å². The van der Waals surface area contributed by atoms with Crippen LogP contribution in [0.2, 0.25) is 0 Å². The molecule has 2 heterocycles. The Morgan fingerprint density at radius 1 is 1.16 bits per heavy atom. The summed E-state index contributed by atoms with van der Waals surface area (Å²) >= 11 is 1.42. The molecule has 1 saturated carbocycles. The minimum atomic E-state index is -0.271. The highest BCUT2D eigenvalue weighted by Gasteiger charge is 2.30. The van der Waals surface area contributed by atoms with Crippen LogP contribution in [-0.2, 0) is 0 Å². The fourth-order valence-corrected chi connectivity index (χ4v) is 4.66. The number of anilines is 1. The van der Waals surface area contributed by atoms with Crippen molar-refractivity contribution in [1.82, 2.24) is 15.1 Å². The van der Waals surface area contributed by atoms with Gasteiger partial charge < -0.3 is 15.7 Å². The molecule has 0 bridgehead atoms. The Bertz CT molecular complexity index is 1300. The largest absolute Gasteiger partial charge is 0.507 e. The van der Waals surface area contributed by atoms with Crippen LogP contribution >= 0.6 is 11.3 Å². The lowest BCUT2D eigenvalue weighted by atomic mass is 10.1. The quantitative estimate of drug-likeness (QED) is 0.394. The summed E-state index contributed by atoms with van der Waals surface area (Å²) in [6, 6.07) is 16.2. The van der Waals surface area contributed by atoms with E-state index in [0.717, 1.165) is 28.6 Å². The average molecular weight is 447 g/mol. The van der Waals surface area contributed by atoms with E-state index in [1.807, 2.05) is 43.3 Å². The number of aromatic nitrogens is 2. The molecule has 0 saturated heterocycles. The maximum atomic E-state index is 12.7. The van der Waals surface area contributed by atoms with Crippen LogP contribution in [0.15, 0.2) is 54.6 Å². The van der Waals surface area contributed by atoms with Gasteiger partial charge in [0.15, 0.2) is 0 Å². The van der Waals surface area contributed by atoms with Crippen molar-refractivity contribution in [3.63, 3.8) is 0 Å². The van der Waals surface area contributed by atoms with Crippen molar-refractivity contribution in [2.24, 2.45) is 0 Å². The Morgan fingerprint density at radius 3 is 2.69 bits per heavy atom. The number of nitrogens with zero attached hydrogens (tertiary/aromatic N) is 2. The van der Waals surface area contributed by atoms with Gasteiger partial charge in [-0.05, 0) is 55.5 Å². The molecule has 2 aromatic heterocycles. The first kappa shape index (κ1) is 20.3. The van der Waals surface area contributed by atoms with Gasteiger partial charge in [0.1, 0.15) is 5.75 Å². The van der Waals surface area contributed by atoms with Crippen molar-refractivity contribution < 1.29 is 14.7 Å². The summed E-state index contributed by atoms with van der Waals surface area (Å²) in [5.41, 5.74) is 2.37. The van der Waals surface area contributed by atoms with Gasteiger partial charge in [-0.25, -0.2) is 4.79 Å². The SMILES string of the molecule is CCNC(=O)n1nc(-c2ccc(NC(=O)c3cc4ccccc4s3)cc2O)cc1C1CC1. The van der Waals surface area contributed by atoms with E-state index in [4.69, 9.17) is 0 Å². The number of hydrogen-bond acceptors (Lipinski definition) is 5. The number of phenols is 1. The zero-order chi connectivity index (χ0) is 22.2. The zero-order valence-electron chi connectivity index (χ0n) is 17.5. The summed E-state index contributed by atoms with van der Waals surface area (Å²) in [6.45, 7) is 2.37. The summed E-state index contributed by atoms with van der Waals surface area (Å²) in [5.74, 6) is 0.0813. The summed E-state index contributed by atoms with van der Waals surface area (Å²) < 4.78 is 2.44. The number of hydrogen-bond donors (Lipinski definition) is 3. The summed E-state index contributed by atoms with van der Waals surface area (Å²) in [6.07, 6.45) is 2.05. The Labute approximate surface area is 188 Å². The van der Waals surface area contributed by atoms with Crippen molar-refractivity contribution in [2.75, 3.05) is 11.9 Å². The third-order valence-electron chi connectivity index (χ3n) is 5.43. The van der Waals surface area contributed by atoms with E-state index in [2.05, 4.69) is 15.7 Å². The second-order valence-corrected chi connectivity index (χ2v) is 8.89. The van der Waals surface area contributed by atoms with Gasteiger partial charge >= 0.3 is 6.03 Å². The van der Waals surface area contributed by atoms with Crippen LogP contribution < -0.4 is 10.6 Å². The van der Waals surface area contributed by atoms with Crippen LogP contribution in [0.3, 0.4) is 0 Å². The number of nitrogens with one attached hydrogen (secondary N) is 2. The van der Waals surface area contributed by atoms with E-state index in [1.165, 1.54) is 22.1 Å². The first-order valence-corrected chi connectivity index (χ1v) is 11.4. The van der Waals surface area contributed by atoms with Crippen molar-refractivity contribution in [2.45, 2.75) is 25.7 Å². The Balaban J connectivity index is 1.39. The molecule has 2 aromatic carbocycles. The van der Waals surface area contributed by atoms with Gasteiger partial charge in [-0.15, -0.1) is 11.3 Å². The van der Waals surface area contributed by atoms with Crippen LogP contribution in [0.25, 0.3) is 21.3 Å². The molecule has 0 aliphatic heterocycles. The highest BCUT2D eigenvalue weighted by atomic mass is 32.1. The third-order valence-corrected chi connectivity index (χ3v) is 6.55. The van der Waals surface area contributed by atoms with Crippen molar-refractivity contribution in [3.05, 3.63) is 65.2 Å². The molecule has 1 aliphatic rings. The molecule has 8 heteroatoms. The molecule has 1 fully saturated rings. The number of thiophene rings is 1. The number of benzene rings is 2. The molecule has 7 nitrogen and oxygen atoms in total. The van der Waals surface area contributed by atoms with E-state index in [9.17, 15) is 14.7 Å². The maximum absolute atomic E-state index is 12.7. The molecule has 32 heavy (non-hydrogen) atoms. The minimum Gasteiger partial charge on any atom is -0.507 e. The second-order valence-electron chi connectivity index (χ2n) is 7.81. The van der Waals surface area contributed by atoms with Crippen molar-refractivity contribution in [1.29, 1.82) is 0 Å². The molecule has 1 aliphatic carbocycles. The molecule has 4 aromatic rings. The number of aromatic hydroxyl groups is 1. The van der Waals surface area contributed by atoms with Gasteiger partial charge in [-0.1, -0.05) is 18.2 Å². The van der Waals surface area contributed by atoms with E-state index in [-0.39, 0.29) is 17.7 Å². The topological polar surface area (TPSA) is 96.3 Å². The zero-order valence-corrected chi connectivity index (χ0v) is 18.3. The summed E-state index contributed by atoms with van der Waals surface area (Å²) in [5, 5.41) is 21.7. The van der Waals surface area contributed by atoms with E-state index >= 15 is 0 Å². The van der Waals surface area contributed by atoms with Gasteiger partial charge in [0, 0.05) is 34.5 Å². The second kappa shape index (κ2) is 8.12. The molecule has 0 atom stereocenters. The predicted molar refractivity (Wildman–Crippen MR) is 126 cm³/mol. The molecule has 0 unspecified atom stereocenters. The Kier molecular flexibility index (Phi) is 5.14. The van der Waals surface area contributed by atoms with E-state index in [0.29, 0.717) is 34.3 Å². The first-order valence-electron chi connectivity index (χ1n) is 10.5. The third kappa shape index (κ3) is 3.85. The van der Waals surface area contributed by atoms with Crippen molar-refractivity contribution in [3.8, 4) is 17.0 Å². The van der Waals surface area contributed by atoms with E-state index < -0.39 is 0 Å². The van der Waals surface area contributed by atoms with Crippen LogP contribution in [0.4, 0.5) is 10.5 Å². The van der Waals surface area contributed by atoms with Gasteiger partial charge in [0.05, 0.1) is 16.3 Å². The van der Waals surface area contributed by atoms with Crippen LogP contribution in [0.5, 0.6) is 5.75 Å². The maximum Gasteiger partial charge on any atom is 0.342 e. The van der Waals surface area contributed by atoms with Crippen molar-refractivity contribution >= 4 is 39.0 Å². The minimum absolute atomic E-state index is 0.0120.